The molecule has 1 atom stereocenters. The highest BCUT2D eigenvalue weighted by atomic mass is 35.5. The maximum atomic E-state index is 8.88. The first-order chi connectivity index (χ1) is 6.40. The van der Waals surface area contributed by atoms with Crippen molar-refractivity contribution in [1.29, 1.82) is 0 Å². The molecule has 0 heterocycles. The summed E-state index contributed by atoms with van der Waals surface area (Å²) in [5, 5.41) is 8.88. The highest BCUT2D eigenvalue weighted by molar-refractivity contribution is 6.18. The van der Waals surface area contributed by atoms with Crippen LogP contribution in [0.3, 0.4) is 0 Å². The van der Waals surface area contributed by atoms with Gasteiger partial charge in [0.05, 0.1) is 25.2 Å². The highest BCUT2D eigenvalue weighted by Crippen LogP contribution is 1.92. The van der Waals surface area contributed by atoms with E-state index >= 15 is 0 Å². The summed E-state index contributed by atoms with van der Waals surface area (Å²) >= 11 is 5.31. The number of hydrogen-bond donors (Lipinski definition) is 1. The van der Waals surface area contributed by atoms with Crippen molar-refractivity contribution in [1.82, 2.24) is 4.90 Å². The van der Waals surface area contributed by atoms with Crippen LogP contribution in [-0.4, -0.2) is 56.3 Å². The SMILES string of the molecule is C=C(C)COCC(O)CCl.CN(C)C. The van der Waals surface area contributed by atoms with Gasteiger partial charge in [0.1, 0.15) is 0 Å². The predicted octanol–water partition coefficient (Wildman–Crippen LogP) is 1.36. The van der Waals surface area contributed by atoms with E-state index < -0.39 is 6.10 Å². The lowest BCUT2D eigenvalue weighted by Gasteiger charge is -2.06. The molecule has 0 aliphatic carbocycles. The summed E-state index contributed by atoms with van der Waals surface area (Å²) in [7, 11) is 6.00. The van der Waals surface area contributed by atoms with Gasteiger partial charge in [-0.05, 0) is 28.1 Å². The fourth-order valence-corrected chi connectivity index (χ4v) is 0.503. The molecule has 0 radical (unpaired) electrons. The molecule has 1 unspecified atom stereocenters. The van der Waals surface area contributed by atoms with Crippen molar-refractivity contribution >= 4 is 11.6 Å². The maximum absolute atomic E-state index is 8.88. The number of aliphatic hydroxyl groups excluding tert-OH is 1. The molecular weight excluding hydrogens is 202 g/mol. The molecule has 0 aliphatic rings. The Balaban J connectivity index is 0. The molecule has 0 rings (SSSR count). The summed E-state index contributed by atoms with van der Waals surface area (Å²) in [6, 6.07) is 0. The first-order valence-electron chi connectivity index (χ1n) is 4.47. The third kappa shape index (κ3) is 22.7. The number of halogens is 1. The fourth-order valence-electron chi connectivity index (χ4n) is 0.414. The van der Waals surface area contributed by atoms with Crippen LogP contribution in [0, 0.1) is 0 Å². The zero-order valence-electron chi connectivity index (χ0n) is 9.59. The molecule has 1 N–H and O–H groups in total. The Kier molecular flexibility index (Phi) is 12.8. The summed E-state index contributed by atoms with van der Waals surface area (Å²) in [6.45, 7) is 6.29. The Morgan fingerprint density at radius 1 is 1.50 bits per heavy atom. The second-order valence-electron chi connectivity index (χ2n) is 3.62. The number of nitrogens with zero attached hydrogens (tertiary/aromatic N) is 1. The molecule has 0 aromatic heterocycles. The van der Waals surface area contributed by atoms with Crippen LogP contribution in [-0.2, 0) is 4.74 Å². The van der Waals surface area contributed by atoms with Gasteiger partial charge >= 0.3 is 0 Å². The van der Waals surface area contributed by atoms with Crippen LogP contribution in [0.15, 0.2) is 12.2 Å². The molecule has 0 aromatic carbocycles. The number of ether oxygens (including phenoxy) is 1. The zero-order valence-corrected chi connectivity index (χ0v) is 10.3. The molecule has 0 saturated heterocycles. The van der Waals surface area contributed by atoms with Crippen LogP contribution in [0.4, 0.5) is 0 Å². The largest absolute Gasteiger partial charge is 0.389 e. The van der Waals surface area contributed by atoms with Gasteiger partial charge in [0, 0.05) is 0 Å². The van der Waals surface area contributed by atoms with E-state index in [1.807, 2.05) is 33.0 Å². The Morgan fingerprint density at radius 2 is 1.93 bits per heavy atom. The zero-order chi connectivity index (χ0) is 11.6. The monoisotopic (exact) mass is 223 g/mol. The first-order valence-corrected chi connectivity index (χ1v) is 5.00. The molecule has 0 amide bonds. The van der Waals surface area contributed by atoms with Gasteiger partial charge in [-0.25, -0.2) is 0 Å². The van der Waals surface area contributed by atoms with Gasteiger partial charge in [-0.3, -0.25) is 0 Å². The van der Waals surface area contributed by atoms with Crippen LogP contribution in [0.2, 0.25) is 0 Å². The molecule has 0 fully saturated rings. The van der Waals surface area contributed by atoms with Crippen molar-refractivity contribution in [3.63, 3.8) is 0 Å². The average Bonchev–Trinajstić information content (AvgIpc) is 2.02. The molecule has 3 nitrogen and oxygen atoms in total. The molecule has 14 heavy (non-hydrogen) atoms. The molecule has 0 saturated carbocycles. The van der Waals surface area contributed by atoms with E-state index in [4.69, 9.17) is 21.4 Å². The van der Waals surface area contributed by atoms with E-state index in [0.29, 0.717) is 6.61 Å². The number of alkyl halides is 1. The third-order valence-corrected chi connectivity index (χ3v) is 1.19. The van der Waals surface area contributed by atoms with Crippen molar-refractivity contribution in [2.45, 2.75) is 13.0 Å². The predicted molar refractivity (Wildman–Crippen MR) is 62.0 cm³/mol. The lowest BCUT2D eigenvalue weighted by Crippen LogP contribution is -2.17. The molecule has 86 valence electrons. The normalized spacial score (nSPS) is 11.9. The number of rotatable bonds is 5. The molecule has 0 bridgehead atoms. The van der Waals surface area contributed by atoms with E-state index in [0.717, 1.165) is 5.57 Å². The van der Waals surface area contributed by atoms with E-state index in [2.05, 4.69) is 6.58 Å². The second kappa shape index (κ2) is 11.0. The Labute approximate surface area is 92.3 Å². The third-order valence-electron chi connectivity index (χ3n) is 0.837. The number of hydrogen-bond acceptors (Lipinski definition) is 3. The van der Waals surface area contributed by atoms with E-state index in [1.54, 1.807) is 0 Å². The van der Waals surface area contributed by atoms with Crippen LogP contribution in [0.1, 0.15) is 6.92 Å². The second-order valence-corrected chi connectivity index (χ2v) is 3.93. The standard InChI is InChI=1S/C7H13ClO2.C3H9N/c1-6(2)4-10-5-7(9)3-8;1-4(2)3/h7,9H,1,3-5H2,2H3;1-3H3. The van der Waals surface area contributed by atoms with Crippen molar-refractivity contribution in [3.05, 3.63) is 12.2 Å². The molecular formula is C10H22ClNO2. The van der Waals surface area contributed by atoms with Gasteiger partial charge in [-0.1, -0.05) is 12.2 Å². The molecule has 4 heteroatoms. The summed E-state index contributed by atoms with van der Waals surface area (Å²) in [4.78, 5) is 2.00. The van der Waals surface area contributed by atoms with E-state index in [9.17, 15) is 0 Å². The Morgan fingerprint density at radius 3 is 2.21 bits per heavy atom. The van der Waals surface area contributed by atoms with Crippen LogP contribution >= 0.6 is 11.6 Å². The Hall–Kier alpha value is -0.0900. The van der Waals surface area contributed by atoms with Crippen molar-refractivity contribution in [2.75, 3.05) is 40.2 Å². The lowest BCUT2D eigenvalue weighted by atomic mass is 10.4. The van der Waals surface area contributed by atoms with Crippen LogP contribution in [0.5, 0.6) is 0 Å². The van der Waals surface area contributed by atoms with Crippen molar-refractivity contribution < 1.29 is 9.84 Å². The fraction of sp³-hybridized carbons (Fsp3) is 0.800. The van der Waals surface area contributed by atoms with Gasteiger partial charge in [0.25, 0.3) is 0 Å². The lowest BCUT2D eigenvalue weighted by molar-refractivity contribution is 0.0590. The van der Waals surface area contributed by atoms with E-state index in [1.165, 1.54) is 0 Å². The van der Waals surface area contributed by atoms with Gasteiger partial charge < -0.3 is 14.7 Å². The minimum Gasteiger partial charge on any atom is -0.389 e. The average molecular weight is 224 g/mol. The minimum absolute atomic E-state index is 0.218. The molecule has 0 spiro atoms. The summed E-state index contributed by atoms with van der Waals surface area (Å²) < 4.78 is 5.01. The smallest absolute Gasteiger partial charge is 0.0908 e. The minimum atomic E-state index is -0.555. The van der Waals surface area contributed by atoms with Gasteiger partial charge in [0.15, 0.2) is 0 Å². The van der Waals surface area contributed by atoms with Crippen molar-refractivity contribution in [2.24, 2.45) is 0 Å². The molecule has 0 aliphatic heterocycles. The van der Waals surface area contributed by atoms with Gasteiger partial charge in [-0.2, -0.15) is 0 Å². The van der Waals surface area contributed by atoms with Crippen LogP contribution in [0.25, 0.3) is 0 Å². The van der Waals surface area contributed by atoms with Crippen molar-refractivity contribution in [3.8, 4) is 0 Å². The van der Waals surface area contributed by atoms with Crippen LogP contribution < -0.4 is 0 Å². The summed E-state index contributed by atoms with van der Waals surface area (Å²) in [5.74, 6) is 0.218. The summed E-state index contributed by atoms with van der Waals surface area (Å²) in [5.41, 5.74) is 0.946. The highest BCUT2D eigenvalue weighted by Gasteiger charge is 2.00. The molecule has 0 aromatic rings. The maximum Gasteiger partial charge on any atom is 0.0908 e. The van der Waals surface area contributed by atoms with Gasteiger partial charge in [0.2, 0.25) is 0 Å². The van der Waals surface area contributed by atoms with E-state index in [-0.39, 0.29) is 12.5 Å². The number of aliphatic hydroxyl groups is 1. The quantitative estimate of drug-likeness (QED) is 0.564. The van der Waals surface area contributed by atoms with Gasteiger partial charge in [-0.15, -0.1) is 11.6 Å². The summed E-state index contributed by atoms with van der Waals surface area (Å²) in [6.07, 6.45) is -0.555. The topological polar surface area (TPSA) is 32.7 Å². The Bertz CT molecular complexity index is 137. The first kappa shape index (κ1) is 16.3.